The standard InChI is InChI=1S/C13H18O2S/c1-10(11(2)13(14)15)8-9-16-12-6-4-3-5-7-12/h3-7,10-11H,8-9H2,1-2H3,(H,14,15). The highest BCUT2D eigenvalue weighted by Crippen LogP contribution is 2.23. The number of carbonyl (C=O) groups is 1. The van der Waals surface area contributed by atoms with Crippen LogP contribution in [0.25, 0.3) is 0 Å². The van der Waals surface area contributed by atoms with Gasteiger partial charge in [-0.25, -0.2) is 0 Å². The van der Waals surface area contributed by atoms with Gasteiger partial charge in [0.2, 0.25) is 0 Å². The number of hydrogen-bond donors (Lipinski definition) is 1. The lowest BCUT2D eigenvalue weighted by Crippen LogP contribution is -2.18. The predicted molar refractivity (Wildman–Crippen MR) is 67.7 cm³/mol. The fourth-order valence-electron chi connectivity index (χ4n) is 1.37. The Kier molecular flexibility index (Phi) is 5.39. The van der Waals surface area contributed by atoms with Crippen molar-refractivity contribution in [3.63, 3.8) is 0 Å². The molecule has 0 saturated heterocycles. The lowest BCUT2D eigenvalue weighted by molar-refractivity contribution is -0.142. The van der Waals surface area contributed by atoms with E-state index in [9.17, 15) is 4.79 Å². The molecule has 0 aliphatic carbocycles. The van der Waals surface area contributed by atoms with Crippen molar-refractivity contribution in [1.29, 1.82) is 0 Å². The van der Waals surface area contributed by atoms with E-state index in [1.165, 1.54) is 4.90 Å². The fraction of sp³-hybridized carbons (Fsp3) is 0.462. The highest BCUT2D eigenvalue weighted by Gasteiger charge is 2.18. The molecule has 88 valence electrons. The van der Waals surface area contributed by atoms with Gasteiger partial charge in [0.1, 0.15) is 0 Å². The Balaban J connectivity index is 2.28. The highest BCUT2D eigenvalue weighted by molar-refractivity contribution is 7.99. The van der Waals surface area contributed by atoms with Gasteiger partial charge in [0.05, 0.1) is 5.92 Å². The number of thioether (sulfide) groups is 1. The number of aliphatic carboxylic acids is 1. The molecule has 1 aromatic rings. The summed E-state index contributed by atoms with van der Waals surface area (Å²) in [5, 5.41) is 8.86. The summed E-state index contributed by atoms with van der Waals surface area (Å²) in [7, 11) is 0. The largest absolute Gasteiger partial charge is 0.481 e. The Morgan fingerprint density at radius 3 is 2.50 bits per heavy atom. The number of carboxylic acid groups (broad SMARTS) is 1. The molecule has 0 heterocycles. The average molecular weight is 238 g/mol. The monoisotopic (exact) mass is 238 g/mol. The Hall–Kier alpha value is -0.960. The van der Waals surface area contributed by atoms with Gasteiger partial charge in [0.15, 0.2) is 0 Å². The summed E-state index contributed by atoms with van der Waals surface area (Å²) < 4.78 is 0. The van der Waals surface area contributed by atoms with Crippen LogP contribution >= 0.6 is 11.8 Å². The van der Waals surface area contributed by atoms with E-state index in [0.29, 0.717) is 0 Å². The molecule has 16 heavy (non-hydrogen) atoms. The first kappa shape index (κ1) is 13.1. The maximum absolute atomic E-state index is 10.8. The summed E-state index contributed by atoms with van der Waals surface area (Å²) in [5.41, 5.74) is 0. The first-order valence-electron chi connectivity index (χ1n) is 5.52. The van der Waals surface area contributed by atoms with Crippen LogP contribution < -0.4 is 0 Å². The van der Waals surface area contributed by atoms with E-state index in [0.717, 1.165) is 12.2 Å². The molecule has 0 aliphatic rings. The third-order valence-electron chi connectivity index (χ3n) is 2.83. The van der Waals surface area contributed by atoms with Gasteiger partial charge in [-0.1, -0.05) is 32.0 Å². The van der Waals surface area contributed by atoms with Gasteiger partial charge in [0.25, 0.3) is 0 Å². The molecule has 0 fully saturated rings. The van der Waals surface area contributed by atoms with Gasteiger partial charge in [0, 0.05) is 4.90 Å². The van der Waals surface area contributed by atoms with E-state index in [1.807, 2.05) is 25.1 Å². The van der Waals surface area contributed by atoms with Gasteiger partial charge in [-0.05, 0) is 30.2 Å². The molecule has 0 radical (unpaired) electrons. The van der Waals surface area contributed by atoms with E-state index in [4.69, 9.17) is 5.11 Å². The molecule has 2 nitrogen and oxygen atoms in total. The van der Waals surface area contributed by atoms with Crippen LogP contribution in [0, 0.1) is 11.8 Å². The van der Waals surface area contributed by atoms with Crippen LogP contribution in [0.15, 0.2) is 35.2 Å². The molecule has 0 aromatic heterocycles. The van der Waals surface area contributed by atoms with E-state index in [2.05, 4.69) is 12.1 Å². The minimum absolute atomic E-state index is 0.230. The SMILES string of the molecule is CC(CCSc1ccccc1)C(C)C(=O)O. The molecule has 1 aromatic carbocycles. The first-order chi connectivity index (χ1) is 7.61. The summed E-state index contributed by atoms with van der Waals surface area (Å²) in [6.07, 6.45) is 0.938. The summed E-state index contributed by atoms with van der Waals surface area (Å²) in [6.45, 7) is 3.78. The molecular weight excluding hydrogens is 220 g/mol. The van der Waals surface area contributed by atoms with Crippen LogP contribution in [0.4, 0.5) is 0 Å². The maximum atomic E-state index is 10.8. The molecule has 2 atom stereocenters. The Morgan fingerprint density at radius 2 is 1.94 bits per heavy atom. The highest BCUT2D eigenvalue weighted by atomic mass is 32.2. The van der Waals surface area contributed by atoms with Crippen molar-refractivity contribution in [1.82, 2.24) is 0 Å². The van der Waals surface area contributed by atoms with Gasteiger partial charge in [-0.15, -0.1) is 11.8 Å². The summed E-state index contributed by atoms with van der Waals surface area (Å²) in [4.78, 5) is 12.0. The van der Waals surface area contributed by atoms with E-state index in [-0.39, 0.29) is 11.8 Å². The minimum Gasteiger partial charge on any atom is -0.481 e. The summed E-state index contributed by atoms with van der Waals surface area (Å²) in [6, 6.07) is 10.2. The van der Waals surface area contributed by atoms with Crippen molar-refractivity contribution in [2.24, 2.45) is 11.8 Å². The Labute approximate surface area is 101 Å². The van der Waals surface area contributed by atoms with Gasteiger partial charge in [-0.3, -0.25) is 4.79 Å². The zero-order chi connectivity index (χ0) is 12.0. The van der Waals surface area contributed by atoms with Crippen LogP contribution in [0.1, 0.15) is 20.3 Å². The summed E-state index contributed by atoms with van der Waals surface area (Å²) in [5.74, 6) is 0.255. The predicted octanol–water partition coefficient (Wildman–Crippen LogP) is 3.53. The average Bonchev–Trinajstić information content (AvgIpc) is 2.29. The minimum atomic E-state index is -0.697. The van der Waals surface area contributed by atoms with Crippen LogP contribution in [-0.2, 0) is 4.79 Å². The lowest BCUT2D eigenvalue weighted by atomic mass is 9.94. The molecule has 1 rings (SSSR count). The van der Waals surface area contributed by atoms with Crippen molar-refractivity contribution in [2.45, 2.75) is 25.2 Å². The quantitative estimate of drug-likeness (QED) is 0.770. The smallest absolute Gasteiger partial charge is 0.306 e. The third-order valence-corrected chi connectivity index (χ3v) is 3.87. The van der Waals surface area contributed by atoms with Crippen molar-refractivity contribution in [3.8, 4) is 0 Å². The van der Waals surface area contributed by atoms with Crippen LogP contribution in [0.5, 0.6) is 0 Å². The van der Waals surface area contributed by atoms with Crippen molar-refractivity contribution in [3.05, 3.63) is 30.3 Å². The molecular formula is C13H18O2S. The molecule has 0 saturated carbocycles. The molecule has 3 heteroatoms. The number of carboxylic acids is 1. The molecule has 0 spiro atoms. The molecule has 0 bridgehead atoms. The van der Waals surface area contributed by atoms with Crippen molar-refractivity contribution in [2.75, 3.05) is 5.75 Å². The molecule has 2 unspecified atom stereocenters. The summed E-state index contributed by atoms with van der Waals surface area (Å²) >= 11 is 1.78. The van der Waals surface area contributed by atoms with E-state index < -0.39 is 5.97 Å². The lowest BCUT2D eigenvalue weighted by Gasteiger charge is -2.15. The molecule has 0 aliphatic heterocycles. The normalized spacial score (nSPS) is 14.4. The fourth-order valence-corrected chi connectivity index (χ4v) is 2.45. The molecule has 1 N–H and O–H groups in total. The number of benzene rings is 1. The van der Waals surface area contributed by atoms with E-state index >= 15 is 0 Å². The van der Waals surface area contributed by atoms with Gasteiger partial charge in [-0.2, -0.15) is 0 Å². The van der Waals surface area contributed by atoms with E-state index in [1.54, 1.807) is 18.7 Å². The second-order valence-electron chi connectivity index (χ2n) is 4.05. The third kappa shape index (κ3) is 4.27. The Morgan fingerprint density at radius 1 is 1.31 bits per heavy atom. The topological polar surface area (TPSA) is 37.3 Å². The van der Waals surface area contributed by atoms with Gasteiger partial charge < -0.3 is 5.11 Å². The van der Waals surface area contributed by atoms with Crippen LogP contribution in [0.2, 0.25) is 0 Å². The second kappa shape index (κ2) is 6.59. The first-order valence-corrected chi connectivity index (χ1v) is 6.50. The van der Waals surface area contributed by atoms with Crippen molar-refractivity contribution >= 4 is 17.7 Å². The maximum Gasteiger partial charge on any atom is 0.306 e. The van der Waals surface area contributed by atoms with Crippen molar-refractivity contribution < 1.29 is 9.90 Å². The van der Waals surface area contributed by atoms with Gasteiger partial charge >= 0.3 is 5.97 Å². The Bertz CT molecular complexity index is 324. The van der Waals surface area contributed by atoms with Crippen LogP contribution in [-0.4, -0.2) is 16.8 Å². The molecule has 0 amide bonds. The zero-order valence-electron chi connectivity index (χ0n) is 9.72. The van der Waals surface area contributed by atoms with Crippen LogP contribution in [0.3, 0.4) is 0 Å². The number of rotatable bonds is 6. The second-order valence-corrected chi connectivity index (χ2v) is 5.22. The number of hydrogen-bond acceptors (Lipinski definition) is 2. The zero-order valence-corrected chi connectivity index (χ0v) is 10.5.